The van der Waals surface area contributed by atoms with Crippen LogP contribution in [0.3, 0.4) is 0 Å². The fraction of sp³-hybridized carbons (Fsp3) is 0.364. The summed E-state index contributed by atoms with van der Waals surface area (Å²) in [7, 11) is 0. The van der Waals surface area contributed by atoms with Crippen LogP contribution >= 0.6 is 11.8 Å². The van der Waals surface area contributed by atoms with Gasteiger partial charge in [-0.05, 0) is 13.0 Å². The van der Waals surface area contributed by atoms with Crippen LogP contribution in [-0.2, 0) is 11.3 Å². The van der Waals surface area contributed by atoms with Crippen molar-refractivity contribution in [1.82, 2.24) is 4.57 Å². The van der Waals surface area contributed by atoms with Gasteiger partial charge in [0.15, 0.2) is 0 Å². The fourth-order valence-electron chi connectivity index (χ4n) is 1.68. The first-order valence-electron chi connectivity index (χ1n) is 5.17. The third kappa shape index (κ3) is 1.94. The lowest BCUT2D eigenvalue weighted by Crippen LogP contribution is -2.27. The van der Waals surface area contributed by atoms with Gasteiger partial charge in [-0.1, -0.05) is 0 Å². The van der Waals surface area contributed by atoms with Crippen molar-refractivity contribution >= 4 is 17.7 Å². The maximum Gasteiger partial charge on any atom is 0.343 e. The first kappa shape index (κ1) is 11.7. The van der Waals surface area contributed by atoms with Crippen molar-refractivity contribution in [2.45, 2.75) is 18.5 Å². The van der Waals surface area contributed by atoms with Gasteiger partial charge < -0.3 is 9.30 Å². The lowest BCUT2D eigenvalue weighted by atomic mass is 10.2. The van der Waals surface area contributed by atoms with Crippen LogP contribution < -0.4 is 5.56 Å². The van der Waals surface area contributed by atoms with Gasteiger partial charge in [-0.15, -0.1) is 11.8 Å². The van der Waals surface area contributed by atoms with Gasteiger partial charge in [0.25, 0.3) is 5.56 Å². The summed E-state index contributed by atoms with van der Waals surface area (Å²) in [5.74, 6) is 0.0807. The molecule has 5 nitrogen and oxygen atoms in total. The predicted molar refractivity (Wildman–Crippen MR) is 62.1 cm³/mol. The number of aromatic nitrogens is 1. The van der Waals surface area contributed by atoms with E-state index in [1.54, 1.807) is 6.92 Å². The van der Waals surface area contributed by atoms with E-state index in [1.165, 1.54) is 22.4 Å². The number of carbonyl (C=O) groups excluding carboxylic acids is 1. The van der Waals surface area contributed by atoms with E-state index in [4.69, 9.17) is 10.00 Å². The average Bonchev–Trinajstić information content (AvgIpc) is 2.79. The summed E-state index contributed by atoms with van der Waals surface area (Å²) in [6.07, 6.45) is 0. The molecule has 0 spiro atoms. The Morgan fingerprint density at radius 2 is 2.47 bits per heavy atom. The average molecular weight is 250 g/mol. The van der Waals surface area contributed by atoms with Gasteiger partial charge in [-0.2, -0.15) is 5.26 Å². The fourth-order valence-corrected chi connectivity index (χ4v) is 2.74. The van der Waals surface area contributed by atoms with Crippen LogP contribution in [0, 0.1) is 11.3 Å². The lowest BCUT2D eigenvalue weighted by molar-refractivity contribution is 0.0523. The van der Waals surface area contributed by atoms with Crippen molar-refractivity contribution in [2.75, 3.05) is 12.4 Å². The summed E-state index contributed by atoms with van der Waals surface area (Å²) < 4.78 is 6.27. The number of hydrogen-bond acceptors (Lipinski definition) is 5. The molecule has 1 aliphatic heterocycles. The smallest absolute Gasteiger partial charge is 0.343 e. The normalized spacial score (nSPS) is 12.9. The number of thioether (sulfide) groups is 1. The Bertz CT molecular complexity index is 571. The molecule has 0 aliphatic carbocycles. The highest BCUT2D eigenvalue weighted by Gasteiger charge is 2.23. The molecule has 1 aromatic heterocycles. The number of rotatable bonds is 2. The Morgan fingerprint density at radius 3 is 3.12 bits per heavy atom. The van der Waals surface area contributed by atoms with E-state index >= 15 is 0 Å². The molecule has 0 unspecified atom stereocenters. The second kappa shape index (κ2) is 4.63. The minimum Gasteiger partial charge on any atom is -0.462 e. The zero-order valence-corrected chi connectivity index (χ0v) is 10.0. The zero-order valence-electron chi connectivity index (χ0n) is 9.23. The van der Waals surface area contributed by atoms with E-state index in [0.717, 1.165) is 5.75 Å². The molecule has 0 saturated carbocycles. The summed E-state index contributed by atoms with van der Waals surface area (Å²) in [4.78, 5) is 23.6. The van der Waals surface area contributed by atoms with Crippen molar-refractivity contribution in [3.8, 4) is 6.07 Å². The van der Waals surface area contributed by atoms with E-state index in [0.29, 0.717) is 17.1 Å². The van der Waals surface area contributed by atoms with Crippen LogP contribution in [0.4, 0.5) is 0 Å². The number of nitrogens with zero attached hydrogens (tertiary/aromatic N) is 2. The van der Waals surface area contributed by atoms with E-state index < -0.39 is 5.97 Å². The molecule has 88 valence electrons. The van der Waals surface area contributed by atoms with Gasteiger partial charge in [0.05, 0.1) is 17.2 Å². The number of fused-ring (bicyclic) bond motifs is 1. The summed E-state index contributed by atoms with van der Waals surface area (Å²) in [5.41, 5.74) is -0.0766. The van der Waals surface area contributed by atoms with Crippen molar-refractivity contribution in [3.05, 3.63) is 27.5 Å². The molecule has 0 atom stereocenters. The number of nitriles is 1. The Hall–Kier alpha value is -1.74. The topological polar surface area (TPSA) is 72.1 Å². The summed E-state index contributed by atoms with van der Waals surface area (Å²) in [5, 5.41) is 9.64. The molecule has 0 N–H and O–H groups in total. The third-order valence-electron chi connectivity index (χ3n) is 2.41. The minimum atomic E-state index is -0.666. The van der Waals surface area contributed by atoms with Gasteiger partial charge in [-0.3, -0.25) is 4.79 Å². The highest BCUT2D eigenvalue weighted by molar-refractivity contribution is 7.99. The molecular formula is C11H10N2O3S. The first-order valence-corrected chi connectivity index (χ1v) is 6.15. The maximum absolute atomic E-state index is 12.0. The minimum absolute atomic E-state index is 0.0605. The standard InChI is InChI=1S/C11H10N2O3S/c1-2-16-11(15)8-5-7(6-12)10-13(9(8)14)3-4-17-10/h5H,2-4H2,1H3. The molecule has 0 saturated heterocycles. The Kier molecular flexibility index (Phi) is 3.20. The van der Waals surface area contributed by atoms with Crippen LogP contribution in [-0.4, -0.2) is 22.9 Å². The summed E-state index contributed by atoms with van der Waals surface area (Å²) >= 11 is 1.46. The first-order chi connectivity index (χ1) is 8.19. The van der Waals surface area contributed by atoms with Crippen molar-refractivity contribution in [3.63, 3.8) is 0 Å². The second-order valence-corrected chi connectivity index (χ2v) is 4.50. The molecule has 6 heteroatoms. The molecule has 2 rings (SSSR count). The van der Waals surface area contributed by atoms with Gasteiger partial charge in [-0.25, -0.2) is 4.79 Å². The van der Waals surface area contributed by atoms with Crippen molar-refractivity contribution in [1.29, 1.82) is 5.26 Å². The van der Waals surface area contributed by atoms with Crippen molar-refractivity contribution < 1.29 is 9.53 Å². The van der Waals surface area contributed by atoms with Crippen molar-refractivity contribution in [2.24, 2.45) is 0 Å². The molecule has 0 fully saturated rings. The number of ether oxygens (including phenoxy) is 1. The highest BCUT2D eigenvalue weighted by Crippen LogP contribution is 2.27. The van der Waals surface area contributed by atoms with Gasteiger partial charge >= 0.3 is 5.97 Å². The SMILES string of the molecule is CCOC(=O)c1cc(C#N)c2n(c1=O)CCS2. The molecule has 17 heavy (non-hydrogen) atoms. The monoisotopic (exact) mass is 250 g/mol. The summed E-state index contributed by atoms with van der Waals surface area (Å²) in [6, 6.07) is 3.33. The summed E-state index contributed by atoms with van der Waals surface area (Å²) in [6.45, 7) is 2.40. The number of esters is 1. The number of hydrogen-bond donors (Lipinski definition) is 0. The molecule has 2 heterocycles. The number of carbonyl (C=O) groups is 1. The van der Waals surface area contributed by atoms with E-state index in [2.05, 4.69) is 0 Å². The van der Waals surface area contributed by atoms with E-state index in [1.807, 2.05) is 6.07 Å². The molecule has 0 bridgehead atoms. The van der Waals surface area contributed by atoms with Crippen LogP contribution in [0.1, 0.15) is 22.8 Å². The van der Waals surface area contributed by atoms with Crippen LogP contribution in [0.5, 0.6) is 0 Å². The highest BCUT2D eigenvalue weighted by atomic mass is 32.2. The van der Waals surface area contributed by atoms with E-state index in [9.17, 15) is 9.59 Å². The van der Waals surface area contributed by atoms with Gasteiger partial charge in [0, 0.05) is 12.3 Å². The molecule has 1 aromatic rings. The molecule has 0 radical (unpaired) electrons. The number of pyridine rings is 1. The molecule has 1 aliphatic rings. The van der Waals surface area contributed by atoms with Crippen LogP contribution in [0.25, 0.3) is 0 Å². The quantitative estimate of drug-likeness (QED) is 0.732. The van der Waals surface area contributed by atoms with Gasteiger partial charge in [0.2, 0.25) is 0 Å². The Morgan fingerprint density at radius 1 is 1.71 bits per heavy atom. The van der Waals surface area contributed by atoms with Gasteiger partial charge in [0.1, 0.15) is 11.6 Å². The zero-order chi connectivity index (χ0) is 12.4. The molecular weight excluding hydrogens is 240 g/mol. The largest absolute Gasteiger partial charge is 0.462 e. The second-order valence-electron chi connectivity index (χ2n) is 3.41. The van der Waals surface area contributed by atoms with Crippen LogP contribution in [0.15, 0.2) is 15.9 Å². The Labute approximate surface area is 102 Å². The predicted octanol–water partition coefficient (Wildman–Crippen LogP) is 1.00. The lowest BCUT2D eigenvalue weighted by Gasteiger charge is -2.07. The maximum atomic E-state index is 12.0. The Balaban J connectivity index is 2.60. The third-order valence-corrected chi connectivity index (χ3v) is 3.51. The molecule has 0 amide bonds. The van der Waals surface area contributed by atoms with E-state index in [-0.39, 0.29) is 17.7 Å². The van der Waals surface area contributed by atoms with Crippen LogP contribution in [0.2, 0.25) is 0 Å². The molecule has 0 aromatic carbocycles.